The Labute approximate surface area is 145 Å². The third-order valence-electron chi connectivity index (χ3n) is 3.94. The highest BCUT2D eigenvalue weighted by Gasteiger charge is 2.40. The molecule has 0 aromatic carbocycles. The highest BCUT2D eigenvalue weighted by atomic mass is 28.4. The highest BCUT2D eigenvalue weighted by Crippen LogP contribution is 2.22. The lowest BCUT2D eigenvalue weighted by Gasteiger charge is -2.29. The molecule has 0 aliphatic carbocycles. The van der Waals surface area contributed by atoms with Crippen LogP contribution in [0.25, 0.3) is 0 Å². The van der Waals surface area contributed by atoms with Gasteiger partial charge in [0.15, 0.2) is 16.6 Å². The van der Waals surface area contributed by atoms with Gasteiger partial charge in [-0.3, -0.25) is 0 Å². The Bertz CT molecular complexity index is 303. The summed E-state index contributed by atoms with van der Waals surface area (Å²) in [5.74, 6) is 0. The van der Waals surface area contributed by atoms with Crippen molar-refractivity contribution in [2.24, 2.45) is 0 Å². The van der Waals surface area contributed by atoms with Gasteiger partial charge in [-0.2, -0.15) is 0 Å². The van der Waals surface area contributed by atoms with Gasteiger partial charge in [0.2, 0.25) is 0 Å². The van der Waals surface area contributed by atoms with Gasteiger partial charge in [0.05, 0.1) is 13.2 Å². The van der Waals surface area contributed by atoms with Crippen LogP contribution in [0, 0.1) is 0 Å². The molecule has 0 heterocycles. The summed E-state index contributed by atoms with van der Waals surface area (Å²) in [5.41, 5.74) is 0. The Balaban J connectivity index is 4.13. The first-order chi connectivity index (χ1) is 10.7. The van der Waals surface area contributed by atoms with E-state index in [1.807, 2.05) is 0 Å². The number of methoxy groups -OCH3 is 1. The predicted octanol–water partition coefficient (Wildman–Crippen LogP) is 2.95. The normalized spacial score (nSPS) is 13.6. The van der Waals surface area contributed by atoms with Crippen LogP contribution in [0.5, 0.6) is 0 Å². The summed E-state index contributed by atoms with van der Waals surface area (Å²) in [6.45, 7) is 10.9. The first kappa shape index (κ1) is 23.4. The minimum absolute atomic E-state index is 0.643. The summed E-state index contributed by atoms with van der Waals surface area (Å²) >= 11 is 0. The van der Waals surface area contributed by atoms with Gasteiger partial charge >= 0.3 is 8.80 Å². The average molecular weight is 385 g/mol. The Morgan fingerprint density at radius 1 is 0.565 bits per heavy atom. The predicted molar refractivity (Wildman–Crippen MR) is 99.9 cm³/mol. The van der Waals surface area contributed by atoms with Crippen molar-refractivity contribution in [3.8, 4) is 0 Å². The van der Waals surface area contributed by atoms with E-state index < -0.39 is 25.4 Å². The van der Waals surface area contributed by atoms with E-state index in [0.717, 1.165) is 24.7 Å². The lowest BCUT2D eigenvalue weighted by atomic mass is 10.8. The maximum Gasteiger partial charge on any atom is 0.499 e. The summed E-state index contributed by atoms with van der Waals surface area (Å²) in [7, 11) is 0.761. The van der Waals surface area contributed by atoms with Crippen LogP contribution >= 0.6 is 0 Å². The molecule has 0 rings (SSSR count). The van der Waals surface area contributed by atoms with Crippen LogP contribution in [0.15, 0.2) is 0 Å². The van der Waals surface area contributed by atoms with E-state index in [1.54, 1.807) is 28.4 Å². The van der Waals surface area contributed by atoms with Crippen molar-refractivity contribution in [1.29, 1.82) is 0 Å². The first-order valence-corrected chi connectivity index (χ1v) is 16.2. The van der Waals surface area contributed by atoms with Crippen LogP contribution in [-0.4, -0.2) is 73.7 Å². The van der Waals surface area contributed by atoms with Crippen molar-refractivity contribution >= 4 is 25.4 Å². The fourth-order valence-electron chi connectivity index (χ4n) is 2.14. The summed E-state index contributed by atoms with van der Waals surface area (Å²) in [6, 6.07) is 2.73. The van der Waals surface area contributed by atoms with Crippen LogP contribution in [0.1, 0.15) is 0 Å². The second-order valence-corrected chi connectivity index (χ2v) is 18.5. The number of hydrogen-bond donors (Lipinski definition) is 0. The molecule has 0 atom stereocenters. The molecule has 6 nitrogen and oxygen atoms in total. The lowest BCUT2D eigenvalue weighted by Crippen LogP contribution is -2.45. The molecule has 0 aromatic heterocycles. The van der Waals surface area contributed by atoms with Gasteiger partial charge in [0.1, 0.15) is 0 Å². The quantitative estimate of drug-likeness (QED) is 0.339. The molecule has 0 unspecified atom stereocenters. The molecule has 23 heavy (non-hydrogen) atoms. The van der Waals surface area contributed by atoms with Gasteiger partial charge in [-0.15, -0.1) is 0 Å². The van der Waals surface area contributed by atoms with E-state index in [4.69, 9.17) is 26.9 Å². The second-order valence-electron chi connectivity index (χ2n) is 6.75. The van der Waals surface area contributed by atoms with Crippen molar-refractivity contribution in [3.05, 3.63) is 0 Å². The standard InChI is InChI=1S/C14H36O6Si3/c1-15-11-12-21(5,6)19-9-10-20-22(7,8)13-14-23(16-2,17-3)18-4/h9-14H2,1-8H3. The zero-order valence-electron chi connectivity index (χ0n) is 16.2. The van der Waals surface area contributed by atoms with Gasteiger partial charge in [0, 0.05) is 41.1 Å². The number of rotatable bonds is 14. The maximum atomic E-state index is 6.12. The third-order valence-corrected chi connectivity index (χ3v) is 12.0. The van der Waals surface area contributed by atoms with Gasteiger partial charge in [-0.25, -0.2) is 0 Å². The molecule has 9 heteroatoms. The monoisotopic (exact) mass is 384 g/mol. The van der Waals surface area contributed by atoms with Gasteiger partial charge in [0.25, 0.3) is 0 Å². The average Bonchev–Trinajstić information content (AvgIpc) is 2.52. The van der Waals surface area contributed by atoms with E-state index in [-0.39, 0.29) is 0 Å². The van der Waals surface area contributed by atoms with Gasteiger partial charge in [-0.1, -0.05) is 0 Å². The summed E-state index contributed by atoms with van der Waals surface area (Å²) < 4.78 is 33.7. The summed E-state index contributed by atoms with van der Waals surface area (Å²) in [6.07, 6.45) is 0. The molecule has 0 spiro atoms. The minimum atomic E-state index is -2.50. The van der Waals surface area contributed by atoms with E-state index in [9.17, 15) is 0 Å². The Kier molecular flexibility index (Phi) is 11.3. The van der Waals surface area contributed by atoms with E-state index in [1.165, 1.54) is 0 Å². The Hall–Kier alpha value is 0.411. The number of hydrogen-bond acceptors (Lipinski definition) is 6. The molecule has 0 aliphatic heterocycles. The first-order valence-electron chi connectivity index (χ1n) is 8.08. The summed E-state index contributed by atoms with van der Waals surface area (Å²) in [5, 5.41) is 0. The molecule has 0 radical (unpaired) electrons. The molecule has 0 fully saturated rings. The molecule has 0 saturated heterocycles. The molecule has 0 bridgehead atoms. The zero-order chi connectivity index (χ0) is 18.0. The molecule has 0 aliphatic rings. The fraction of sp³-hybridized carbons (Fsp3) is 1.00. The summed E-state index contributed by atoms with van der Waals surface area (Å²) in [4.78, 5) is 0. The Morgan fingerprint density at radius 3 is 1.39 bits per heavy atom. The van der Waals surface area contributed by atoms with E-state index >= 15 is 0 Å². The van der Waals surface area contributed by atoms with Crippen molar-refractivity contribution < 1.29 is 26.9 Å². The molecular weight excluding hydrogens is 348 g/mol. The van der Waals surface area contributed by atoms with Gasteiger partial charge < -0.3 is 26.9 Å². The molecule has 0 aromatic rings. The highest BCUT2D eigenvalue weighted by molar-refractivity contribution is 6.73. The van der Waals surface area contributed by atoms with Crippen molar-refractivity contribution in [2.45, 2.75) is 44.3 Å². The SMILES string of the molecule is COCC[Si](C)(C)OCCO[Si](C)(C)CC[Si](OC)(OC)OC. The minimum Gasteiger partial charge on any atom is -0.415 e. The molecule has 140 valence electrons. The smallest absolute Gasteiger partial charge is 0.415 e. The maximum absolute atomic E-state index is 6.12. The van der Waals surface area contributed by atoms with Crippen molar-refractivity contribution in [3.63, 3.8) is 0 Å². The van der Waals surface area contributed by atoms with Gasteiger partial charge in [-0.05, 0) is 38.3 Å². The molecular formula is C14H36O6Si3. The third kappa shape index (κ3) is 10.1. The second kappa shape index (κ2) is 11.1. The number of ether oxygens (including phenoxy) is 1. The largest absolute Gasteiger partial charge is 0.499 e. The zero-order valence-corrected chi connectivity index (χ0v) is 19.2. The van der Waals surface area contributed by atoms with Crippen LogP contribution in [0.3, 0.4) is 0 Å². The van der Waals surface area contributed by atoms with E-state index in [2.05, 4.69) is 26.2 Å². The van der Waals surface area contributed by atoms with Crippen LogP contribution < -0.4 is 0 Å². The van der Waals surface area contributed by atoms with Crippen molar-refractivity contribution in [1.82, 2.24) is 0 Å². The Morgan fingerprint density at radius 2 is 1.00 bits per heavy atom. The lowest BCUT2D eigenvalue weighted by molar-refractivity contribution is 0.124. The molecule has 0 amide bonds. The molecule has 0 N–H and O–H groups in total. The molecule has 0 saturated carbocycles. The van der Waals surface area contributed by atoms with Crippen LogP contribution in [0.4, 0.5) is 0 Å². The fourth-order valence-corrected chi connectivity index (χ4v) is 9.14. The van der Waals surface area contributed by atoms with Crippen molar-refractivity contribution in [2.75, 3.05) is 48.3 Å². The van der Waals surface area contributed by atoms with Crippen LogP contribution in [0.2, 0.25) is 44.3 Å². The topological polar surface area (TPSA) is 55.4 Å². The van der Waals surface area contributed by atoms with Crippen LogP contribution in [-0.2, 0) is 26.9 Å². The van der Waals surface area contributed by atoms with E-state index in [0.29, 0.717) is 13.2 Å².